The fraction of sp³-hybridized carbons (Fsp3) is 0.350. The Hall–Kier alpha value is -2.93. The number of carbonyl (C=O) groups is 1. The predicted octanol–water partition coefficient (Wildman–Crippen LogP) is 2.27. The van der Waals surface area contributed by atoms with Crippen LogP contribution in [0.3, 0.4) is 0 Å². The number of hydrogen-bond acceptors (Lipinski definition) is 5. The van der Waals surface area contributed by atoms with Gasteiger partial charge in [-0.1, -0.05) is 0 Å². The first kappa shape index (κ1) is 17.5. The number of hydrogen-bond donors (Lipinski definition) is 4. The molecule has 140 valence electrons. The molecule has 3 heterocycles. The molecule has 0 unspecified atom stereocenters. The molecule has 4 rings (SSSR count). The quantitative estimate of drug-likeness (QED) is 0.503. The number of H-pyrrole nitrogens is 1. The summed E-state index contributed by atoms with van der Waals surface area (Å²) in [6.45, 7) is 3.21. The van der Waals surface area contributed by atoms with Crippen LogP contribution in [-0.2, 0) is 0 Å². The van der Waals surface area contributed by atoms with E-state index < -0.39 is 0 Å². The molecular weight excluding hydrogens is 340 g/mol. The number of carbonyl (C=O) groups excluding carboxylic acids is 1. The third-order valence-electron chi connectivity index (χ3n) is 5.04. The lowest BCUT2D eigenvalue weighted by atomic mass is 9.89. The fourth-order valence-corrected chi connectivity index (χ4v) is 3.62. The minimum absolute atomic E-state index is 0.0599. The largest absolute Gasteiger partial charge is 0.367 e. The number of nitrogens with one attached hydrogen (secondary N) is 4. The normalized spacial score (nSPS) is 15.0. The topological polar surface area (TPSA) is 94.7 Å². The van der Waals surface area contributed by atoms with Crippen LogP contribution in [0.15, 0.2) is 42.7 Å². The molecule has 0 bridgehead atoms. The van der Waals surface area contributed by atoms with E-state index in [0.717, 1.165) is 36.8 Å². The van der Waals surface area contributed by atoms with Crippen molar-refractivity contribution in [3.8, 4) is 0 Å². The maximum absolute atomic E-state index is 12.5. The monoisotopic (exact) mass is 364 g/mol. The highest BCUT2D eigenvalue weighted by Gasteiger charge is 2.19. The van der Waals surface area contributed by atoms with E-state index in [1.165, 1.54) is 5.56 Å². The Bertz CT molecular complexity index is 901. The highest BCUT2D eigenvalue weighted by atomic mass is 16.1. The second-order valence-corrected chi connectivity index (χ2v) is 6.82. The molecule has 0 spiro atoms. The molecule has 0 saturated carbocycles. The maximum Gasteiger partial charge on any atom is 0.251 e. The Kier molecular flexibility index (Phi) is 5.29. The Morgan fingerprint density at radius 2 is 2.07 bits per heavy atom. The third-order valence-corrected chi connectivity index (χ3v) is 5.04. The van der Waals surface area contributed by atoms with Crippen LogP contribution < -0.4 is 16.0 Å². The number of fused-ring (bicyclic) bond motifs is 1. The van der Waals surface area contributed by atoms with Crippen LogP contribution in [0, 0.1) is 0 Å². The molecule has 7 nitrogen and oxygen atoms in total. The standard InChI is InChI=1S/C20H24N6O/c27-20(23-11-10-22-19-2-1-7-25-26-19)15-3-4-18-16(12-15)17(13-24-18)14-5-8-21-9-6-14/h1-4,7,12-14,21,24H,5-6,8-11H2,(H,22,26)(H,23,27). The van der Waals surface area contributed by atoms with Crippen molar-refractivity contribution in [2.45, 2.75) is 18.8 Å². The maximum atomic E-state index is 12.5. The van der Waals surface area contributed by atoms with E-state index in [0.29, 0.717) is 30.4 Å². The summed E-state index contributed by atoms with van der Waals surface area (Å²) in [7, 11) is 0. The Balaban J connectivity index is 1.39. The average molecular weight is 364 g/mol. The molecule has 2 aromatic heterocycles. The van der Waals surface area contributed by atoms with E-state index in [-0.39, 0.29) is 5.91 Å². The van der Waals surface area contributed by atoms with Crippen molar-refractivity contribution >= 4 is 22.6 Å². The number of anilines is 1. The molecule has 4 N–H and O–H groups in total. The molecule has 7 heteroatoms. The first-order chi connectivity index (χ1) is 13.3. The second-order valence-electron chi connectivity index (χ2n) is 6.82. The van der Waals surface area contributed by atoms with Gasteiger partial charge in [0.15, 0.2) is 0 Å². The van der Waals surface area contributed by atoms with Gasteiger partial charge < -0.3 is 20.9 Å². The van der Waals surface area contributed by atoms with E-state index in [1.807, 2.05) is 30.3 Å². The number of aromatic nitrogens is 3. The van der Waals surface area contributed by atoms with Crippen molar-refractivity contribution < 1.29 is 4.79 Å². The molecule has 1 amide bonds. The molecule has 1 saturated heterocycles. The van der Waals surface area contributed by atoms with Crippen molar-refractivity contribution in [2.24, 2.45) is 0 Å². The fourth-order valence-electron chi connectivity index (χ4n) is 3.62. The number of piperidine rings is 1. The second kappa shape index (κ2) is 8.18. The summed E-state index contributed by atoms with van der Waals surface area (Å²) in [6, 6.07) is 9.54. The number of benzene rings is 1. The summed E-state index contributed by atoms with van der Waals surface area (Å²) in [6.07, 6.45) is 6.00. The summed E-state index contributed by atoms with van der Waals surface area (Å²) in [5.74, 6) is 1.19. The average Bonchev–Trinajstić information content (AvgIpc) is 3.16. The third kappa shape index (κ3) is 4.09. The van der Waals surface area contributed by atoms with E-state index in [4.69, 9.17) is 0 Å². The lowest BCUT2D eigenvalue weighted by Gasteiger charge is -2.22. The highest BCUT2D eigenvalue weighted by Crippen LogP contribution is 2.31. The Labute approximate surface area is 158 Å². The molecule has 0 radical (unpaired) electrons. The lowest BCUT2D eigenvalue weighted by Crippen LogP contribution is -2.29. The number of nitrogens with zero attached hydrogens (tertiary/aromatic N) is 2. The number of amides is 1. The Morgan fingerprint density at radius 3 is 2.89 bits per heavy atom. The van der Waals surface area contributed by atoms with Gasteiger partial charge >= 0.3 is 0 Å². The number of rotatable bonds is 6. The summed E-state index contributed by atoms with van der Waals surface area (Å²) in [5.41, 5.74) is 3.10. The van der Waals surface area contributed by atoms with Gasteiger partial charge in [-0.2, -0.15) is 5.10 Å². The van der Waals surface area contributed by atoms with Crippen LogP contribution in [0.25, 0.3) is 10.9 Å². The van der Waals surface area contributed by atoms with Crippen LogP contribution in [0.4, 0.5) is 5.82 Å². The smallest absolute Gasteiger partial charge is 0.251 e. The molecular formula is C20H24N6O. The first-order valence-corrected chi connectivity index (χ1v) is 9.43. The van der Waals surface area contributed by atoms with Gasteiger partial charge in [0.05, 0.1) is 0 Å². The van der Waals surface area contributed by atoms with Gasteiger partial charge in [-0.3, -0.25) is 4.79 Å². The van der Waals surface area contributed by atoms with Gasteiger partial charge in [-0.15, -0.1) is 5.10 Å². The highest BCUT2D eigenvalue weighted by molar-refractivity contribution is 5.98. The number of aromatic amines is 1. The minimum Gasteiger partial charge on any atom is -0.367 e. The zero-order chi connectivity index (χ0) is 18.5. The van der Waals surface area contributed by atoms with Crippen LogP contribution in [0.2, 0.25) is 0 Å². The van der Waals surface area contributed by atoms with Gasteiger partial charge in [0.1, 0.15) is 5.82 Å². The zero-order valence-corrected chi connectivity index (χ0v) is 15.2. The van der Waals surface area contributed by atoms with Gasteiger partial charge in [0.25, 0.3) is 5.91 Å². The van der Waals surface area contributed by atoms with Crippen molar-refractivity contribution in [1.29, 1.82) is 0 Å². The summed E-state index contributed by atoms with van der Waals surface area (Å²) in [5, 5.41) is 18.4. The van der Waals surface area contributed by atoms with Gasteiger partial charge in [-0.05, 0) is 67.7 Å². The molecule has 0 atom stereocenters. The van der Waals surface area contributed by atoms with Gasteiger partial charge in [-0.25, -0.2) is 0 Å². The molecule has 27 heavy (non-hydrogen) atoms. The minimum atomic E-state index is -0.0599. The van der Waals surface area contributed by atoms with E-state index in [2.05, 4.69) is 37.3 Å². The Morgan fingerprint density at radius 1 is 1.19 bits per heavy atom. The zero-order valence-electron chi connectivity index (χ0n) is 15.2. The lowest BCUT2D eigenvalue weighted by molar-refractivity contribution is 0.0955. The summed E-state index contributed by atoms with van der Waals surface area (Å²) < 4.78 is 0. The van der Waals surface area contributed by atoms with Crippen molar-refractivity contribution in [2.75, 3.05) is 31.5 Å². The van der Waals surface area contributed by atoms with Crippen molar-refractivity contribution in [1.82, 2.24) is 25.8 Å². The molecule has 1 aromatic carbocycles. The van der Waals surface area contributed by atoms with Crippen LogP contribution in [0.5, 0.6) is 0 Å². The molecule has 1 aliphatic rings. The van der Waals surface area contributed by atoms with Crippen LogP contribution in [-0.4, -0.2) is 47.3 Å². The molecule has 1 aliphatic heterocycles. The van der Waals surface area contributed by atoms with Crippen LogP contribution in [0.1, 0.15) is 34.7 Å². The van der Waals surface area contributed by atoms with Gasteiger partial charge in [0, 0.05) is 41.9 Å². The van der Waals surface area contributed by atoms with E-state index in [9.17, 15) is 4.79 Å². The van der Waals surface area contributed by atoms with Crippen molar-refractivity contribution in [3.05, 3.63) is 53.9 Å². The first-order valence-electron chi connectivity index (χ1n) is 9.43. The van der Waals surface area contributed by atoms with E-state index in [1.54, 1.807) is 6.20 Å². The van der Waals surface area contributed by atoms with Crippen LogP contribution >= 0.6 is 0 Å². The van der Waals surface area contributed by atoms with E-state index >= 15 is 0 Å². The van der Waals surface area contributed by atoms with Crippen molar-refractivity contribution in [3.63, 3.8) is 0 Å². The summed E-state index contributed by atoms with van der Waals surface area (Å²) >= 11 is 0. The molecule has 1 fully saturated rings. The molecule has 3 aromatic rings. The predicted molar refractivity (Wildman–Crippen MR) is 106 cm³/mol. The molecule has 0 aliphatic carbocycles. The summed E-state index contributed by atoms with van der Waals surface area (Å²) in [4.78, 5) is 15.9. The SMILES string of the molecule is O=C(NCCNc1cccnn1)c1ccc2[nH]cc(C3CCNCC3)c2c1. The van der Waals surface area contributed by atoms with Gasteiger partial charge in [0.2, 0.25) is 0 Å².